The minimum absolute atomic E-state index is 0.00407. The summed E-state index contributed by atoms with van der Waals surface area (Å²) in [7, 11) is 0. The average molecular weight is 731 g/mol. The molecule has 1 aromatic rings. The number of hydrogen-bond acceptors (Lipinski definition) is 8. The van der Waals surface area contributed by atoms with Crippen molar-refractivity contribution in [3.8, 4) is 0 Å². The van der Waals surface area contributed by atoms with Gasteiger partial charge in [0.2, 0.25) is 23.6 Å². The molecule has 0 saturated carbocycles. The first kappa shape index (κ1) is 44.3. The molecule has 1 aromatic carbocycles. The molecule has 12 N–H and O–H groups in total. The zero-order chi connectivity index (χ0) is 38.6. The summed E-state index contributed by atoms with van der Waals surface area (Å²) < 4.78 is 0. The van der Waals surface area contributed by atoms with E-state index in [4.69, 9.17) is 11.5 Å². The van der Waals surface area contributed by atoms with Gasteiger partial charge in [0.1, 0.15) is 6.04 Å². The van der Waals surface area contributed by atoms with E-state index in [1.165, 1.54) is 24.3 Å². The van der Waals surface area contributed by atoms with Gasteiger partial charge in [0.25, 0.3) is 5.91 Å². The number of nitrogens with zero attached hydrogens (tertiary/aromatic N) is 1. The molecular formula is C34H54N10O8. The largest absolute Gasteiger partial charge is 0.481 e. The summed E-state index contributed by atoms with van der Waals surface area (Å²) in [6, 6.07) is 3.55. The molecule has 0 bridgehead atoms. The average Bonchev–Trinajstić information content (AvgIpc) is 3.10. The van der Waals surface area contributed by atoms with Gasteiger partial charge in [-0.25, -0.2) is 15.2 Å². The second-order valence-corrected chi connectivity index (χ2v) is 11.8. The van der Waals surface area contributed by atoms with E-state index in [2.05, 4.69) is 49.0 Å². The standard InChI is InChI=1S/C34H54N10O8/c1-2-27(45)37-18-11-5-7-16-29(47)39-20-12-6-8-17-28(46)38-19-9-3-4-10-21-40-32(51)26(23-30(48)49)42-34(52)44-43-31(50)24-14-13-15-25(22-24)41-33(35)36/h2,13-15,22,26H,1,3-12,16-21,23H2,(H,37,45)(H,38,46)(H,39,47)(H,40,51)(H,43,50)(H,48,49)(H4,35,36,41)(H2,42,44,52)/t26-/m0/s1. The number of hydrogen-bond donors (Lipinski definition) is 10. The van der Waals surface area contributed by atoms with Gasteiger partial charge in [0.15, 0.2) is 5.96 Å². The molecule has 18 heteroatoms. The van der Waals surface area contributed by atoms with Crippen molar-refractivity contribution in [1.82, 2.24) is 37.4 Å². The lowest BCUT2D eigenvalue weighted by molar-refractivity contribution is -0.139. The van der Waals surface area contributed by atoms with E-state index >= 15 is 0 Å². The molecule has 0 fully saturated rings. The van der Waals surface area contributed by atoms with Crippen LogP contribution in [0.5, 0.6) is 0 Å². The Morgan fingerprint density at radius 3 is 1.81 bits per heavy atom. The van der Waals surface area contributed by atoms with Crippen LogP contribution < -0.4 is 48.9 Å². The summed E-state index contributed by atoms with van der Waals surface area (Å²) in [4.78, 5) is 87.3. The third-order valence-corrected chi connectivity index (χ3v) is 7.35. The quantitative estimate of drug-likeness (QED) is 0.0209. The number of aliphatic imine (C=N–C) groups is 1. The predicted molar refractivity (Wildman–Crippen MR) is 195 cm³/mol. The molecule has 0 unspecified atom stereocenters. The minimum atomic E-state index is -1.39. The van der Waals surface area contributed by atoms with Crippen LogP contribution in [0, 0.1) is 0 Å². The summed E-state index contributed by atoms with van der Waals surface area (Å²) in [5, 5.41) is 22.5. The maximum Gasteiger partial charge on any atom is 0.334 e. The molecule has 0 aromatic heterocycles. The fourth-order valence-corrected chi connectivity index (χ4v) is 4.66. The molecule has 52 heavy (non-hydrogen) atoms. The Kier molecular flexibility index (Phi) is 23.1. The van der Waals surface area contributed by atoms with Crippen LogP contribution in [0.1, 0.15) is 93.8 Å². The van der Waals surface area contributed by atoms with Crippen molar-refractivity contribution in [3.63, 3.8) is 0 Å². The highest BCUT2D eigenvalue weighted by atomic mass is 16.4. The Balaban J connectivity index is 2.13. The number of carboxylic acid groups (broad SMARTS) is 1. The van der Waals surface area contributed by atoms with Crippen molar-refractivity contribution < 1.29 is 38.7 Å². The molecule has 0 aliphatic carbocycles. The Morgan fingerprint density at radius 2 is 1.27 bits per heavy atom. The SMILES string of the molecule is C=CC(=O)NCCCCCC(=O)NCCCCCC(=O)NCCCCCCNC(=O)[C@H](CC(=O)O)NC(=O)NNC(=O)c1cccc(N=C(N)N)c1. The third kappa shape index (κ3) is 22.9. The normalized spacial score (nSPS) is 10.8. The van der Waals surface area contributed by atoms with E-state index < -0.39 is 36.3 Å². The number of nitrogens with one attached hydrogen (secondary N) is 7. The van der Waals surface area contributed by atoms with Gasteiger partial charge in [-0.2, -0.15) is 0 Å². The fraction of sp³-hybridized carbons (Fsp3) is 0.529. The van der Waals surface area contributed by atoms with Gasteiger partial charge in [0.05, 0.1) is 12.1 Å². The van der Waals surface area contributed by atoms with Crippen molar-refractivity contribution in [2.45, 2.75) is 89.5 Å². The first-order valence-electron chi connectivity index (χ1n) is 17.4. The summed E-state index contributed by atoms with van der Waals surface area (Å²) in [5.41, 5.74) is 15.3. The number of carbonyl (C=O) groups excluding carboxylic acids is 6. The molecule has 0 aliphatic rings. The first-order valence-corrected chi connectivity index (χ1v) is 17.4. The lowest BCUT2D eigenvalue weighted by Gasteiger charge is -2.17. The molecule has 0 saturated heterocycles. The Labute approximate surface area is 303 Å². The second-order valence-electron chi connectivity index (χ2n) is 11.8. The lowest BCUT2D eigenvalue weighted by atomic mass is 10.1. The van der Waals surface area contributed by atoms with Crippen LogP contribution in [0.3, 0.4) is 0 Å². The Bertz CT molecular complexity index is 1370. The fourth-order valence-electron chi connectivity index (χ4n) is 4.66. The first-order chi connectivity index (χ1) is 24.9. The number of guanidine groups is 1. The second kappa shape index (κ2) is 27.1. The minimum Gasteiger partial charge on any atom is -0.481 e. The topological polar surface area (TPSA) is 288 Å². The molecule has 7 amide bonds. The maximum absolute atomic E-state index is 12.6. The van der Waals surface area contributed by atoms with Crippen molar-refractivity contribution in [1.29, 1.82) is 0 Å². The summed E-state index contributed by atoms with van der Waals surface area (Å²) in [6.45, 7) is 5.31. The monoisotopic (exact) mass is 730 g/mol. The van der Waals surface area contributed by atoms with Crippen LogP contribution in [0.4, 0.5) is 10.5 Å². The molecule has 1 atom stereocenters. The molecule has 0 radical (unpaired) electrons. The third-order valence-electron chi connectivity index (χ3n) is 7.35. The number of urea groups is 1. The number of rotatable bonds is 26. The van der Waals surface area contributed by atoms with E-state index in [1.54, 1.807) is 6.07 Å². The molecular weight excluding hydrogens is 676 g/mol. The number of hydrazine groups is 1. The molecule has 18 nitrogen and oxygen atoms in total. The Morgan fingerprint density at radius 1 is 0.731 bits per heavy atom. The van der Waals surface area contributed by atoms with Crippen LogP contribution in [-0.4, -0.2) is 84.8 Å². The number of benzene rings is 1. The van der Waals surface area contributed by atoms with Gasteiger partial charge < -0.3 is 43.2 Å². The molecule has 0 aliphatic heterocycles. The van der Waals surface area contributed by atoms with Crippen LogP contribution in [0.2, 0.25) is 0 Å². The summed E-state index contributed by atoms with van der Waals surface area (Å²) in [6.07, 6.45) is 9.08. The number of carbonyl (C=O) groups is 7. The van der Waals surface area contributed by atoms with Gasteiger partial charge in [-0.1, -0.05) is 38.3 Å². The van der Waals surface area contributed by atoms with E-state index in [-0.39, 0.29) is 35.8 Å². The van der Waals surface area contributed by atoms with Gasteiger partial charge in [-0.3, -0.25) is 34.2 Å². The maximum atomic E-state index is 12.6. The summed E-state index contributed by atoms with van der Waals surface area (Å²) in [5.74, 6) is -3.12. The number of carboxylic acids is 1. The van der Waals surface area contributed by atoms with E-state index in [9.17, 15) is 38.7 Å². The van der Waals surface area contributed by atoms with Gasteiger partial charge in [-0.15, -0.1) is 0 Å². The lowest BCUT2D eigenvalue weighted by Crippen LogP contribution is -2.54. The molecule has 288 valence electrons. The van der Waals surface area contributed by atoms with Crippen molar-refractivity contribution in [2.75, 3.05) is 26.2 Å². The molecule has 0 spiro atoms. The van der Waals surface area contributed by atoms with E-state index in [0.717, 1.165) is 57.8 Å². The van der Waals surface area contributed by atoms with Crippen molar-refractivity contribution in [3.05, 3.63) is 42.5 Å². The van der Waals surface area contributed by atoms with Crippen LogP contribution in [-0.2, 0) is 24.0 Å². The molecule has 0 heterocycles. The zero-order valence-corrected chi connectivity index (χ0v) is 29.6. The van der Waals surface area contributed by atoms with Gasteiger partial charge in [0, 0.05) is 44.6 Å². The van der Waals surface area contributed by atoms with Gasteiger partial charge >= 0.3 is 12.0 Å². The highest BCUT2D eigenvalue weighted by Gasteiger charge is 2.23. The van der Waals surface area contributed by atoms with E-state index in [0.29, 0.717) is 44.6 Å². The Hall–Kier alpha value is -5.68. The zero-order valence-electron chi connectivity index (χ0n) is 29.6. The van der Waals surface area contributed by atoms with E-state index in [1.807, 2.05) is 0 Å². The van der Waals surface area contributed by atoms with Crippen LogP contribution in [0.15, 0.2) is 41.9 Å². The van der Waals surface area contributed by atoms with Crippen molar-refractivity contribution in [2.24, 2.45) is 16.5 Å². The highest BCUT2D eigenvalue weighted by Crippen LogP contribution is 2.13. The number of unbranched alkanes of at least 4 members (excludes halogenated alkanes) is 7. The van der Waals surface area contributed by atoms with Gasteiger partial charge in [-0.05, 0) is 62.8 Å². The van der Waals surface area contributed by atoms with Crippen LogP contribution in [0.25, 0.3) is 0 Å². The number of aliphatic carboxylic acids is 1. The summed E-state index contributed by atoms with van der Waals surface area (Å²) >= 11 is 0. The van der Waals surface area contributed by atoms with Crippen LogP contribution >= 0.6 is 0 Å². The predicted octanol–water partition coefficient (Wildman–Crippen LogP) is 0.711. The van der Waals surface area contributed by atoms with Crippen molar-refractivity contribution >= 4 is 53.2 Å². The molecule has 1 rings (SSSR count). The number of amides is 7. The smallest absolute Gasteiger partial charge is 0.334 e. The number of nitrogens with two attached hydrogens (primary N) is 2. The highest BCUT2D eigenvalue weighted by molar-refractivity contribution is 5.97.